The van der Waals surface area contributed by atoms with Crippen molar-refractivity contribution in [3.63, 3.8) is 0 Å². The topological polar surface area (TPSA) is 171 Å². The van der Waals surface area contributed by atoms with Gasteiger partial charge in [0.2, 0.25) is 23.5 Å². The molecule has 2 aliphatic heterocycles. The number of carbonyl (C=O) groups is 6. The molecule has 1 unspecified atom stereocenters. The zero-order valence-electron chi connectivity index (χ0n) is 28.7. The molecular weight excluding hydrogens is 614 g/mol. The van der Waals surface area contributed by atoms with Gasteiger partial charge < -0.3 is 25.8 Å². The van der Waals surface area contributed by atoms with Gasteiger partial charge in [-0.15, -0.1) is 0 Å². The van der Waals surface area contributed by atoms with E-state index >= 15 is 0 Å². The quantitative estimate of drug-likeness (QED) is 0.269. The van der Waals surface area contributed by atoms with E-state index in [1.165, 1.54) is 23.5 Å². The number of Topliss-reactive ketones (excluding diaryl/α,β-unsaturated/α-hetero) is 1. The Kier molecular flexibility index (Phi) is 11.5. The van der Waals surface area contributed by atoms with Crippen LogP contribution in [0.4, 0.5) is 0 Å². The van der Waals surface area contributed by atoms with Crippen LogP contribution in [-0.4, -0.2) is 98.4 Å². The third-order valence-corrected chi connectivity index (χ3v) is 10.7. The van der Waals surface area contributed by atoms with Crippen molar-refractivity contribution in [3.05, 3.63) is 24.3 Å². The highest BCUT2D eigenvalue weighted by Gasteiger charge is 2.52. The number of ketones is 1. The van der Waals surface area contributed by atoms with Crippen molar-refractivity contribution in [3.8, 4) is 0 Å². The van der Waals surface area contributed by atoms with Gasteiger partial charge in [-0.2, -0.15) is 0 Å². The molecule has 2 bridgehead atoms. The Bertz CT molecular complexity index is 1360. The van der Waals surface area contributed by atoms with Crippen LogP contribution in [0.3, 0.4) is 0 Å². The lowest BCUT2D eigenvalue weighted by Crippen LogP contribution is -2.61. The normalized spacial score (nSPS) is 24.8. The largest absolute Gasteiger partial charge is 0.347 e. The van der Waals surface area contributed by atoms with Gasteiger partial charge in [-0.05, 0) is 62.2 Å². The molecule has 5 amide bonds. The zero-order valence-corrected chi connectivity index (χ0v) is 28.7. The van der Waals surface area contributed by atoms with Crippen LogP contribution in [0.2, 0.25) is 0 Å². The SMILES string of the molecule is CCC[C@@H](C(=O)C(=O)NC1CC1)N1CCC2CN(C(=O)[C@@H](NC(=O)[C@@H](NC(=O)c3cnccn3)C3CCCCC3)C(C)C)[C@H](C1=O)[C@H]2C. The molecule has 5 rings (SSSR count). The van der Waals surface area contributed by atoms with Crippen LogP contribution in [0.15, 0.2) is 18.6 Å². The average molecular weight is 666 g/mol. The zero-order chi connectivity index (χ0) is 34.5. The van der Waals surface area contributed by atoms with Crippen LogP contribution in [0.25, 0.3) is 0 Å². The smallest absolute Gasteiger partial charge is 0.289 e. The second-order valence-corrected chi connectivity index (χ2v) is 14.5. The number of aromatic nitrogens is 2. The summed E-state index contributed by atoms with van der Waals surface area (Å²) >= 11 is 0. The standard InChI is InChI=1S/C35H51N7O6/c1-5-9-26(30(43)33(46)38-24-12-13-24)41-17-14-23-19-42(29(21(23)4)35(41)48)34(47)27(20(2)3)39-32(45)28(22-10-7-6-8-11-22)40-31(44)25-18-36-15-16-37-25/h15-16,18,20-24,26-29H,5-14,17,19H2,1-4H3,(H,38,46)(H,39,45)(H,40,44)/t21-,23?,26-,27-,28-,29-/m0/s1. The maximum Gasteiger partial charge on any atom is 0.289 e. The number of likely N-dealkylation sites (tertiary alicyclic amines) is 2. The fourth-order valence-electron chi connectivity index (χ4n) is 7.68. The van der Waals surface area contributed by atoms with E-state index < -0.39 is 47.7 Å². The maximum absolute atomic E-state index is 14.4. The van der Waals surface area contributed by atoms with E-state index in [-0.39, 0.29) is 47.2 Å². The molecule has 13 heteroatoms. The lowest BCUT2D eigenvalue weighted by molar-refractivity contribution is -0.152. The van der Waals surface area contributed by atoms with Gasteiger partial charge in [0, 0.05) is 31.5 Å². The third-order valence-electron chi connectivity index (χ3n) is 10.7. The molecule has 0 radical (unpaired) electrons. The van der Waals surface area contributed by atoms with Gasteiger partial charge in [-0.25, -0.2) is 4.98 Å². The molecule has 1 aromatic rings. The second-order valence-electron chi connectivity index (χ2n) is 14.5. The van der Waals surface area contributed by atoms with Crippen LogP contribution in [0.5, 0.6) is 0 Å². The second kappa shape index (κ2) is 15.5. The molecule has 0 spiro atoms. The first-order valence-electron chi connectivity index (χ1n) is 17.8. The number of nitrogens with one attached hydrogen (secondary N) is 3. The first kappa shape index (κ1) is 35.4. The number of carbonyl (C=O) groups excluding carboxylic acids is 6. The Morgan fingerprint density at radius 2 is 1.71 bits per heavy atom. The van der Waals surface area contributed by atoms with Gasteiger partial charge in [0.25, 0.3) is 11.8 Å². The Morgan fingerprint density at radius 1 is 0.979 bits per heavy atom. The van der Waals surface area contributed by atoms with Crippen LogP contribution >= 0.6 is 0 Å². The molecule has 6 atom stereocenters. The van der Waals surface area contributed by atoms with E-state index in [9.17, 15) is 28.8 Å². The van der Waals surface area contributed by atoms with Crippen molar-refractivity contribution in [2.45, 2.75) is 122 Å². The van der Waals surface area contributed by atoms with Crippen molar-refractivity contribution in [2.75, 3.05) is 13.1 Å². The molecule has 2 saturated heterocycles. The molecule has 3 heterocycles. The summed E-state index contributed by atoms with van der Waals surface area (Å²) in [4.78, 5) is 93.1. The molecule has 3 N–H and O–H groups in total. The summed E-state index contributed by atoms with van der Waals surface area (Å²) < 4.78 is 0. The first-order chi connectivity index (χ1) is 23.0. The van der Waals surface area contributed by atoms with Crippen molar-refractivity contribution < 1.29 is 28.8 Å². The predicted molar refractivity (Wildman–Crippen MR) is 176 cm³/mol. The van der Waals surface area contributed by atoms with Gasteiger partial charge in [0.05, 0.1) is 6.20 Å². The minimum Gasteiger partial charge on any atom is -0.347 e. The van der Waals surface area contributed by atoms with Crippen LogP contribution in [0.1, 0.15) is 102 Å². The maximum atomic E-state index is 14.4. The number of amides is 5. The van der Waals surface area contributed by atoms with Crippen molar-refractivity contribution >= 4 is 35.3 Å². The van der Waals surface area contributed by atoms with Gasteiger partial charge in [0.1, 0.15) is 29.9 Å². The number of fused-ring (bicyclic) bond motifs is 2. The summed E-state index contributed by atoms with van der Waals surface area (Å²) in [5.41, 5.74) is 0.102. The summed E-state index contributed by atoms with van der Waals surface area (Å²) in [5, 5.41) is 8.61. The molecule has 4 aliphatic rings. The Hall–Kier alpha value is -3.90. The van der Waals surface area contributed by atoms with Gasteiger partial charge >= 0.3 is 0 Å². The highest BCUT2D eigenvalue weighted by atomic mass is 16.2. The molecular formula is C35H51N7O6. The number of rotatable bonds is 13. The van der Waals surface area contributed by atoms with E-state index in [4.69, 9.17) is 0 Å². The summed E-state index contributed by atoms with van der Waals surface area (Å²) in [6.45, 7) is 8.28. The summed E-state index contributed by atoms with van der Waals surface area (Å²) in [7, 11) is 0. The van der Waals surface area contributed by atoms with Crippen LogP contribution < -0.4 is 16.0 Å². The van der Waals surface area contributed by atoms with E-state index in [1.54, 1.807) is 4.90 Å². The summed E-state index contributed by atoms with van der Waals surface area (Å²) in [6.07, 6.45) is 12.0. The van der Waals surface area contributed by atoms with Gasteiger partial charge in [-0.3, -0.25) is 33.8 Å². The van der Waals surface area contributed by atoms with Crippen molar-refractivity contribution in [1.29, 1.82) is 0 Å². The van der Waals surface area contributed by atoms with Crippen molar-refractivity contribution in [1.82, 2.24) is 35.7 Å². The molecule has 1 aromatic heterocycles. The highest BCUT2D eigenvalue weighted by Crippen LogP contribution is 2.38. The fraction of sp³-hybridized carbons (Fsp3) is 0.714. The Morgan fingerprint density at radius 3 is 2.33 bits per heavy atom. The van der Waals surface area contributed by atoms with E-state index in [0.717, 1.165) is 44.9 Å². The summed E-state index contributed by atoms with van der Waals surface area (Å²) in [6, 6.07) is -3.49. The van der Waals surface area contributed by atoms with Crippen LogP contribution in [0, 0.1) is 23.7 Å². The van der Waals surface area contributed by atoms with Gasteiger partial charge in [-0.1, -0.05) is 53.4 Å². The first-order valence-corrected chi connectivity index (χ1v) is 17.8. The van der Waals surface area contributed by atoms with Crippen molar-refractivity contribution in [2.24, 2.45) is 23.7 Å². The lowest BCUT2D eigenvalue weighted by Gasteiger charge is -2.38. The highest BCUT2D eigenvalue weighted by molar-refractivity contribution is 6.38. The van der Waals surface area contributed by atoms with E-state index in [2.05, 4.69) is 25.9 Å². The fourth-order valence-corrected chi connectivity index (χ4v) is 7.68. The predicted octanol–water partition coefficient (Wildman–Crippen LogP) is 2.01. The molecule has 2 aliphatic carbocycles. The molecule has 0 aromatic carbocycles. The molecule has 262 valence electrons. The van der Waals surface area contributed by atoms with Crippen LogP contribution in [-0.2, 0) is 24.0 Å². The van der Waals surface area contributed by atoms with E-state index in [1.807, 2.05) is 27.7 Å². The summed E-state index contributed by atoms with van der Waals surface area (Å²) in [5.74, 6) is -3.44. The monoisotopic (exact) mass is 665 g/mol. The number of nitrogens with zero attached hydrogens (tertiary/aromatic N) is 4. The third kappa shape index (κ3) is 7.86. The number of hydrogen-bond donors (Lipinski definition) is 3. The molecule has 13 nitrogen and oxygen atoms in total. The minimum atomic E-state index is -0.941. The Balaban J connectivity index is 1.34. The number of hydrogen-bond acceptors (Lipinski definition) is 8. The van der Waals surface area contributed by atoms with Gasteiger partial charge in [0.15, 0.2) is 0 Å². The minimum absolute atomic E-state index is 0.0222. The molecule has 2 saturated carbocycles. The average Bonchev–Trinajstić information content (AvgIpc) is 3.85. The molecule has 4 fully saturated rings. The molecule has 48 heavy (non-hydrogen) atoms. The van der Waals surface area contributed by atoms with E-state index in [0.29, 0.717) is 32.4 Å². The lowest BCUT2D eigenvalue weighted by atomic mass is 9.83. The Labute approximate surface area is 282 Å².